The van der Waals surface area contributed by atoms with Crippen LogP contribution in [0.25, 0.3) is 0 Å². The van der Waals surface area contributed by atoms with Crippen molar-refractivity contribution < 1.29 is 19.2 Å². The Hall–Kier alpha value is -4.35. The minimum Gasteiger partial charge on any atom is -0.344 e. The van der Waals surface area contributed by atoms with E-state index in [1.807, 2.05) is 58.0 Å². The molecule has 0 unspecified atom stereocenters. The zero-order valence-corrected chi connectivity index (χ0v) is 27.3. The van der Waals surface area contributed by atoms with Crippen LogP contribution >= 0.6 is 0 Å². The number of hydrogen-bond donors (Lipinski definition) is 2. The molecule has 242 valence electrons. The minimum atomic E-state index is -0.709. The second kappa shape index (κ2) is 15.1. The first-order chi connectivity index (χ1) is 21.5. The summed E-state index contributed by atoms with van der Waals surface area (Å²) < 4.78 is 3.50. The first-order valence-corrected chi connectivity index (χ1v) is 15.9. The van der Waals surface area contributed by atoms with E-state index in [9.17, 15) is 19.2 Å². The summed E-state index contributed by atoms with van der Waals surface area (Å²) in [6.07, 6.45) is 2.02. The van der Waals surface area contributed by atoms with Gasteiger partial charge in [-0.2, -0.15) is 10.2 Å². The third-order valence-corrected chi connectivity index (χ3v) is 8.57. The molecule has 0 radical (unpaired) electrons. The number of fused-ring (bicyclic) bond motifs is 1. The highest BCUT2D eigenvalue weighted by Crippen LogP contribution is 2.20. The van der Waals surface area contributed by atoms with Crippen molar-refractivity contribution in [3.63, 3.8) is 0 Å². The average molecular weight is 619 g/mol. The maximum Gasteiger partial charge on any atom is 0.243 e. The van der Waals surface area contributed by atoms with Gasteiger partial charge in [0.15, 0.2) is 5.78 Å². The number of aryl methyl sites for hydroxylation is 3. The van der Waals surface area contributed by atoms with Crippen molar-refractivity contribution in [3.8, 4) is 0 Å². The number of rotatable bonds is 8. The van der Waals surface area contributed by atoms with Gasteiger partial charge in [0.2, 0.25) is 17.7 Å². The summed E-state index contributed by atoms with van der Waals surface area (Å²) in [5, 5.41) is 15.3. The molecule has 2 N–H and O–H groups in total. The van der Waals surface area contributed by atoms with Crippen molar-refractivity contribution in [1.29, 1.82) is 0 Å². The molecule has 2 aromatic heterocycles. The van der Waals surface area contributed by atoms with Gasteiger partial charge in [0.1, 0.15) is 17.7 Å². The molecular weight excluding hydrogens is 572 g/mol. The van der Waals surface area contributed by atoms with Crippen LogP contribution in [0.4, 0.5) is 0 Å². The van der Waals surface area contributed by atoms with E-state index in [1.165, 1.54) is 6.92 Å². The highest BCUT2D eigenvalue weighted by Gasteiger charge is 2.31. The molecular formula is C33H46N8O4. The largest absolute Gasteiger partial charge is 0.344 e. The molecule has 3 amide bonds. The third-order valence-electron chi connectivity index (χ3n) is 8.57. The van der Waals surface area contributed by atoms with E-state index in [1.54, 1.807) is 21.2 Å². The molecule has 0 spiro atoms. The van der Waals surface area contributed by atoms with E-state index in [-0.39, 0.29) is 42.3 Å². The lowest BCUT2D eigenvalue weighted by Crippen LogP contribution is -2.51. The molecule has 0 fully saturated rings. The van der Waals surface area contributed by atoms with Gasteiger partial charge in [-0.1, -0.05) is 50.6 Å². The highest BCUT2D eigenvalue weighted by atomic mass is 16.2. The number of aromatic nitrogens is 5. The van der Waals surface area contributed by atoms with Crippen molar-refractivity contribution in [2.45, 2.75) is 98.8 Å². The molecule has 4 rings (SSSR count). The predicted molar refractivity (Wildman–Crippen MR) is 169 cm³/mol. The van der Waals surface area contributed by atoms with Crippen molar-refractivity contribution in [1.82, 2.24) is 40.1 Å². The number of nitrogens with one attached hydrogen (secondary N) is 2. The maximum atomic E-state index is 13.7. The van der Waals surface area contributed by atoms with Gasteiger partial charge in [-0.25, -0.2) is 9.67 Å². The van der Waals surface area contributed by atoms with Gasteiger partial charge in [-0.15, -0.1) is 0 Å². The summed E-state index contributed by atoms with van der Waals surface area (Å²) in [4.78, 5) is 58.9. The summed E-state index contributed by atoms with van der Waals surface area (Å²) in [5.74, 6) is 0.473. The van der Waals surface area contributed by atoms with Crippen LogP contribution in [0.2, 0.25) is 0 Å². The van der Waals surface area contributed by atoms with Gasteiger partial charge in [-0.05, 0) is 52.0 Å². The normalized spacial score (nSPS) is 18.8. The van der Waals surface area contributed by atoms with Gasteiger partial charge in [0, 0.05) is 38.2 Å². The molecule has 0 aliphatic carbocycles. The van der Waals surface area contributed by atoms with Crippen molar-refractivity contribution in [3.05, 3.63) is 64.5 Å². The van der Waals surface area contributed by atoms with Gasteiger partial charge >= 0.3 is 0 Å². The quantitative estimate of drug-likeness (QED) is 0.369. The Kier molecular flexibility index (Phi) is 11.2. The maximum absolute atomic E-state index is 13.7. The zero-order chi connectivity index (χ0) is 32.7. The van der Waals surface area contributed by atoms with Gasteiger partial charge in [0.25, 0.3) is 0 Å². The summed E-state index contributed by atoms with van der Waals surface area (Å²) in [7, 11) is 0. The molecule has 12 nitrogen and oxygen atoms in total. The number of ketones is 1. The summed E-state index contributed by atoms with van der Waals surface area (Å²) in [5.41, 5.74) is 3.01. The number of nitrogens with zero attached hydrogens (tertiary/aromatic N) is 6. The predicted octanol–water partition coefficient (Wildman–Crippen LogP) is 3.25. The monoisotopic (exact) mass is 618 g/mol. The van der Waals surface area contributed by atoms with E-state index in [2.05, 4.69) is 20.8 Å². The van der Waals surface area contributed by atoms with E-state index in [0.717, 1.165) is 11.3 Å². The summed E-state index contributed by atoms with van der Waals surface area (Å²) in [6, 6.07) is 8.64. The standard InChI is InChI=1S/C33H46N8O4/c1-7-21(2)31-33(45)35-27(20-26-12-9-8-10-13-26)32-34-25(6)38-41(32)19-18-39(16-11-14-28(43)36-31)29(44)15-17-40-23(4)30(24(5)42)22(3)37-40/h8-10,12-13,21,27,31H,7,11,14-20H2,1-6H3,(H,35,45)(H,36,43)/t21-,27-,31-/m0/s1. The smallest absolute Gasteiger partial charge is 0.243 e. The molecule has 1 aliphatic heterocycles. The fourth-order valence-electron chi connectivity index (χ4n) is 5.95. The first-order valence-electron chi connectivity index (χ1n) is 15.9. The molecule has 3 aromatic rings. The topological polar surface area (TPSA) is 144 Å². The molecule has 1 aliphatic rings. The second-order valence-corrected chi connectivity index (χ2v) is 12.0. The highest BCUT2D eigenvalue weighted by molar-refractivity contribution is 5.96. The molecule has 12 heteroatoms. The average Bonchev–Trinajstić information content (AvgIpc) is 3.52. The van der Waals surface area contributed by atoms with E-state index < -0.39 is 12.1 Å². The van der Waals surface area contributed by atoms with E-state index >= 15 is 0 Å². The van der Waals surface area contributed by atoms with Crippen LogP contribution in [-0.4, -0.2) is 72.1 Å². The lowest BCUT2D eigenvalue weighted by molar-refractivity contribution is -0.132. The molecule has 0 saturated carbocycles. The van der Waals surface area contributed by atoms with Crippen molar-refractivity contribution >= 4 is 23.5 Å². The Labute approximate surface area is 265 Å². The number of carbonyl (C=O) groups excluding carboxylic acids is 4. The Morgan fingerprint density at radius 1 is 1.02 bits per heavy atom. The van der Waals surface area contributed by atoms with Gasteiger partial charge in [-0.3, -0.25) is 23.9 Å². The fraction of sp³-hybridized carbons (Fsp3) is 0.545. The van der Waals surface area contributed by atoms with Crippen LogP contribution < -0.4 is 10.6 Å². The molecule has 1 aromatic carbocycles. The lowest BCUT2D eigenvalue weighted by Gasteiger charge is -2.28. The SMILES string of the molecule is CC[C@H](C)[C@@H]1NC(=O)CCCN(C(=O)CCn2nc(C)c(C(C)=O)c2C)CCn2nc(C)nc2[C@H](Cc2ccccc2)NC1=O. The van der Waals surface area contributed by atoms with Crippen LogP contribution in [0.5, 0.6) is 0 Å². The van der Waals surface area contributed by atoms with Gasteiger partial charge in [0.05, 0.1) is 23.8 Å². The number of Topliss-reactive ketones (excluding diaryl/α,β-unsaturated/α-hetero) is 1. The molecule has 0 bridgehead atoms. The Morgan fingerprint density at radius 3 is 2.42 bits per heavy atom. The zero-order valence-electron chi connectivity index (χ0n) is 27.3. The van der Waals surface area contributed by atoms with Gasteiger partial charge < -0.3 is 15.5 Å². The Bertz CT molecular complexity index is 1510. The number of amides is 3. The second-order valence-electron chi connectivity index (χ2n) is 12.0. The Morgan fingerprint density at radius 2 is 1.76 bits per heavy atom. The lowest BCUT2D eigenvalue weighted by atomic mass is 9.97. The fourth-order valence-corrected chi connectivity index (χ4v) is 5.95. The third kappa shape index (κ3) is 8.43. The van der Waals surface area contributed by atoms with Crippen LogP contribution in [0.15, 0.2) is 30.3 Å². The van der Waals surface area contributed by atoms with Crippen LogP contribution in [0.1, 0.15) is 91.5 Å². The van der Waals surface area contributed by atoms with E-state index in [0.29, 0.717) is 68.3 Å². The van der Waals surface area contributed by atoms with E-state index in [4.69, 9.17) is 4.98 Å². The Balaban J connectivity index is 1.62. The van der Waals surface area contributed by atoms with Crippen LogP contribution in [0, 0.1) is 26.7 Å². The number of hydrogen-bond acceptors (Lipinski definition) is 7. The summed E-state index contributed by atoms with van der Waals surface area (Å²) in [6.45, 7) is 12.4. The number of benzene rings is 1. The molecule has 0 saturated heterocycles. The van der Waals surface area contributed by atoms with Crippen LogP contribution in [-0.2, 0) is 33.9 Å². The summed E-state index contributed by atoms with van der Waals surface area (Å²) >= 11 is 0. The molecule has 3 heterocycles. The number of carbonyl (C=O) groups is 4. The van der Waals surface area contributed by atoms with Crippen molar-refractivity contribution in [2.75, 3.05) is 13.1 Å². The van der Waals surface area contributed by atoms with Crippen LogP contribution in [0.3, 0.4) is 0 Å². The molecule has 45 heavy (non-hydrogen) atoms. The minimum absolute atomic E-state index is 0.0492. The van der Waals surface area contributed by atoms with Crippen molar-refractivity contribution in [2.24, 2.45) is 5.92 Å². The molecule has 3 atom stereocenters. The first kappa shape index (κ1) is 33.5.